The van der Waals surface area contributed by atoms with Crippen LogP contribution in [0.3, 0.4) is 0 Å². The highest BCUT2D eigenvalue weighted by Crippen LogP contribution is 2.36. The van der Waals surface area contributed by atoms with Crippen molar-refractivity contribution < 1.29 is 18.0 Å². The second-order valence-electron chi connectivity index (χ2n) is 6.63. The molecule has 2 aromatic rings. The number of aryl methyl sites for hydroxylation is 2. The number of rotatable bonds is 3. The number of carbonyl (C=O) groups excluding carboxylic acids is 1. The Morgan fingerprint density at radius 3 is 2.37 bits per heavy atom. The van der Waals surface area contributed by atoms with E-state index in [0.717, 1.165) is 11.2 Å². The third-order valence-electron chi connectivity index (χ3n) is 4.78. The Hall–Kier alpha value is -1.87. The van der Waals surface area contributed by atoms with Crippen LogP contribution in [0.15, 0.2) is 28.7 Å². The Kier molecular flexibility index (Phi) is 5.62. The molecular weight excluding hydrogens is 425 g/mol. The standard InChI is InChI=1S/C18H20BrF3N4O/c1-12-5-3-4-6-13(12)11-25-7-9-26(10-8-25)17(27)15-14(19)16(18(20,21)22)23-24(15)2/h3-6H,7-11H2,1-2H3. The Labute approximate surface area is 163 Å². The molecule has 3 rings (SSSR count). The first-order valence-corrected chi connectivity index (χ1v) is 9.33. The maximum Gasteiger partial charge on any atom is 0.436 e. The van der Waals surface area contributed by atoms with Gasteiger partial charge in [-0.25, -0.2) is 0 Å². The van der Waals surface area contributed by atoms with Crippen LogP contribution >= 0.6 is 15.9 Å². The van der Waals surface area contributed by atoms with Crippen molar-refractivity contribution in [3.05, 3.63) is 51.3 Å². The highest BCUT2D eigenvalue weighted by atomic mass is 79.9. The van der Waals surface area contributed by atoms with Crippen LogP contribution in [-0.2, 0) is 19.8 Å². The lowest BCUT2D eigenvalue weighted by molar-refractivity contribution is -0.142. The van der Waals surface area contributed by atoms with E-state index in [0.29, 0.717) is 26.2 Å². The van der Waals surface area contributed by atoms with E-state index in [-0.39, 0.29) is 10.2 Å². The van der Waals surface area contributed by atoms with E-state index in [9.17, 15) is 18.0 Å². The van der Waals surface area contributed by atoms with Crippen molar-refractivity contribution >= 4 is 21.8 Å². The first-order valence-electron chi connectivity index (χ1n) is 8.54. The number of hydrogen-bond donors (Lipinski definition) is 0. The number of nitrogens with zero attached hydrogens (tertiary/aromatic N) is 4. The minimum Gasteiger partial charge on any atom is -0.335 e. The summed E-state index contributed by atoms with van der Waals surface area (Å²) in [7, 11) is 1.35. The molecule has 27 heavy (non-hydrogen) atoms. The van der Waals surface area contributed by atoms with Crippen molar-refractivity contribution in [1.29, 1.82) is 0 Å². The van der Waals surface area contributed by atoms with E-state index in [2.05, 4.69) is 45.0 Å². The lowest BCUT2D eigenvalue weighted by atomic mass is 10.1. The van der Waals surface area contributed by atoms with E-state index in [1.165, 1.54) is 18.2 Å². The fourth-order valence-electron chi connectivity index (χ4n) is 3.20. The molecule has 1 amide bonds. The molecule has 5 nitrogen and oxygen atoms in total. The predicted molar refractivity (Wildman–Crippen MR) is 98.3 cm³/mol. The third kappa shape index (κ3) is 4.19. The zero-order chi connectivity index (χ0) is 19.8. The molecule has 0 N–H and O–H groups in total. The van der Waals surface area contributed by atoms with Gasteiger partial charge >= 0.3 is 6.18 Å². The van der Waals surface area contributed by atoms with Crippen LogP contribution in [0.1, 0.15) is 27.3 Å². The van der Waals surface area contributed by atoms with Crippen LogP contribution < -0.4 is 0 Å². The molecule has 9 heteroatoms. The lowest BCUT2D eigenvalue weighted by Crippen LogP contribution is -2.48. The summed E-state index contributed by atoms with van der Waals surface area (Å²) in [4.78, 5) is 16.6. The quantitative estimate of drug-likeness (QED) is 0.727. The molecule has 1 saturated heterocycles. The normalized spacial score (nSPS) is 16.0. The first kappa shape index (κ1) is 19.9. The van der Waals surface area contributed by atoms with Gasteiger partial charge in [0, 0.05) is 39.8 Å². The van der Waals surface area contributed by atoms with Gasteiger partial charge in [0.05, 0.1) is 4.47 Å². The number of benzene rings is 1. The number of piperazine rings is 1. The minimum atomic E-state index is -4.61. The van der Waals surface area contributed by atoms with E-state index in [4.69, 9.17) is 0 Å². The van der Waals surface area contributed by atoms with Crippen molar-refractivity contribution in [2.45, 2.75) is 19.6 Å². The van der Waals surface area contributed by atoms with Gasteiger partial charge in [-0.05, 0) is 34.0 Å². The number of carbonyl (C=O) groups is 1. The van der Waals surface area contributed by atoms with Crippen molar-refractivity contribution in [3.63, 3.8) is 0 Å². The molecule has 1 aliphatic rings. The fourth-order valence-corrected chi connectivity index (χ4v) is 3.93. The van der Waals surface area contributed by atoms with E-state index >= 15 is 0 Å². The van der Waals surface area contributed by atoms with Gasteiger partial charge in [0.15, 0.2) is 5.69 Å². The molecule has 1 aromatic heterocycles. The Balaban J connectivity index is 1.67. The van der Waals surface area contributed by atoms with Crippen molar-refractivity contribution in [3.8, 4) is 0 Å². The molecule has 1 aliphatic heterocycles. The molecule has 146 valence electrons. The molecule has 1 fully saturated rings. The van der Waals surface area contributed by atoms with Gasteiger partial charge < -0.3 is 4.90 Å². The van der Waals surface area contributed by atoms with Crippen LogP contribution in [0.4, 0.5) is 13.2 Å². The molecule has 0 aliphatic carbocycles. The fraction of sp³-hybridized carbons (Fsp3) is 0.444. The number of amides is 1. The molecule has 0 saturated carbocycles. The first-order chi connectivity index (χ1) is 12.7. The van der Waals surface area contributed by atoms with Crippen molar-refractivity contribution in [2.75, 3.05) is 26.2 Å². The summed E-state index contributed by atoms with van der Waals surface area (Å²) < 4.78 is 39.7. The Morgan fingerprint density at radius 1 is 1.19 bits per heavy atom. The highest BCUT2D eigenvalue weighted by Gasteiger charge is 2.40. The van der Waals surface area contributed by atoms with Crippen LogP contribution in [-0.4, -0.2) is 51.7 Å². The smallest absolute Gasteiger partial charge is 0.335 e. The maximum atomic E-state index is 13.0. The summed E-state index contributed by atoms with van der Waals surface area (Å²) in [5.41, 5.74) is 1.30. The summed E-state index contributed by atoms with van der Waals surface area (Å²) in [6.07, 6.45) is -4.61. The van der Waals surface area contributed by atoms with Crippen LogP contribution in [0, 0.1) is 6.92 Å². The molecule has 0 spiro atoms. The average Bonchev–Trinajstić information content (AvgIpc) is 2.92. The molecule has 0 bridgehead atoms. The second kappa shape index (κ2) is 7.63. The van der Waals surface area contributed by atoms with Crippen molar-refractivity contribution in [2.24, 2.45) is 7.05 Å². The van der Waals surface area contributed by atoms with E-state index < -0.39 is 17.8 Å². The van der Waals surface area contributed by atoms with E-state index in [1.54, 1.807) is 4.90 Å². The Morgan fingerprint density at radius 2 is 1.81 bits per heavy atom. The molecular formula is C18H20BrF3N4O. The molecule has 0 atom stereocenters. The monoisotopic (exact) mass is 444 g/mol. The largest absolute Gasteiger partial charge is 0.436 e. The molecule has 0 radical (unpaired) electrons. The topological polar surface area (TPSA) is 41.4 Å². The Bertz CT molecular complexity index is 842. The average molecular weight is 445 g/mol. The van der Waals surface area contributed by atoms with Gasteiger partial charge in [-0.1, -0.05) is 24.3 Å². The number of alkyl halides is 3. The predicted octanol–water partition coefficient (Wildman–Crippen LogP) is 3.47. The summed E-state index contributed by atoms with van der Waals surface area (Å²) in [6.45, 7) is 5.12. The van der Waals surface area contributed by atoms with Crippen molar-refractivity contribution in [1.82, 2.24) is 19.6 Å². The zero-order valence-electron chi connectivity index (χ0n) is 15.1. The van der Waals surface area contributed by atoms with Gasteiger partial charge in [0.2, 0.25) is 0 Å². The molecule has 0 unspecified atom stereocenters. The SMILES string of the molecule is Cc1ccccc1CN1CCN(C(=O)c2c(Br)c(C(F)(F)F)nn2C)CC1. The van der Waals surface area contributed by atoms with Crippen LogP contribution in [0.25, 0.3) is 0 Å². The molecule has 2 heterocycles. The lowest BCUT2D eigenvalue weighted by Gasteiger charge is -2.35. The molecule has 1 aromatic carbocycles. The third-order valence-corrected chi connectivity index (χ3v) is 5.53. The van der Waals surface area contributed by atoms with Gasteiger partial charge in [-0.15, -0.1) is 0 Å². The summed E-state index contributed by atoms with van der Waals surface area (Å²) >= 11 is 2.91. The van der Waals surface area contributed by atoms with E-state index in [1.807, 2.05) is 12.1 Å². The maximum absolute atomic E-state index is 13.0. The summed E-state index contributed by atoms with van der Waals surface area (Å²) in [5, 5.41) is 3.46. The van der Waals surface area contributed by atoms with Gasteiger partial charge in [0.25, 0.3) is 5.91 Å². The van der Waals surface area contributed by atoms with Crippen LogP contribution in [0.5, 0.6) is 0 Å². The van der Waals surface area contributed by atoms with Gasteiger partial charge in [-0.2, -0.15) is 18.3 Å². The van der Waals surface area contributed by atoms with Gasteiger partial charge in [0.1, 0.15) is 5.69 Å². The van der Waals surface area contributed by atoms with Crippen LogP contribution in [0.2, 0.25) is 0 Å². The summed E-state index contributed by atoms with van der Waals surface area (Å²) in [6, 6.07) is 8.14. The minimum absolute atomic E-state index is 0.0744. The number of aromatic nitrogens is 2. The zero-order valence-corrected chi connectivity index (χ0v) is 16.6. The summed E-state index contributed by atoms with van der Waals surface area (Å²) in [5.74, 6) is -0.442. The number of hydrogen-bond acceptors (Lipinski definition) is 3. The number of halogens is 4. The highest BCUT2D eigenvalue weighted by molar-refractivity contribution is 9.10. The second-order valence-corrected chi connectivity index (χ2v) is 7.42. The van der Waals surface area contributed by atoms with Gasteiger partial charge in [-0.3, -0.25) is 14.4 Å².